The highest BCUT2D eigenvalue weighted by atomic mass is 35.5. The highest BCUT2D eigenvalue weighted by Crippen LogP contribution is 2.31. The van der Waals surface area contributed by atoms with Crippen LogP contribution in [0.5, 0.6) is 0 Å². The number of hydrogen-bond acceptors (Lipinski definition) is 3. The maximum Gasteiger partial charge on any atom is 0.117 e. The van der Waals surface area contributed by atoms with Crippen LogP contribution in [0.1, 0.15) is 18.2 Å². The van der Waals surface area contributed by atoms with Crippen LogP contribution in [-0.4, -0.2) is 20.1 Å². The number of aliphatic hydroxyl groups is 1. The van der Waals surface area contributed by atoms with Crippen LogP contribution in [0.3, 0.4) is 0 Å². The van der Waals surface area contributed by atoms with Crippen LogP contribution >= 0.6 is 11.6 Å². The Hall–Kier alpha value is -2.17. The Morgan fingerprint density at radius 3 is 2.45 bits per heavy atom. The summed E-state index contributed by atoms with van der Waals surface area (Å²) in [6.45, 7) is 1.93. The van der Waals surface area contributed by atoms with Gasteiger partial charge in [-0.3, -0.25) is 0 Å². The van der Waals surface area contributed by atoms with Gasteiger partial charge in [0.1, 0.15) is 11.4 Å². The van der Waals surface area contributed by atoms with E-state index < -0.39 is 0 Å². The van der Waals surface area contributed by atoms with Crippen LogP contribution in [0.4, 0.5) is 0 Å². The lowest BCUT2D eigenvalue weighted by Gasteiger charge is -2.10. The summed E-state index contributed by atoms with van der Waals surface area (Å²) in [5.74, 6) is 0. The zero-order chi connectivity index (χ0) is 15.5. The number of hydrogen-bond donors (Lipinski definition) is 1. The third kappa shape index (κ3) is 2.63. The second-order valence-corrected chi connectivity index (χ2v) is 5.36. The molecule has 0 unspecified atom stereocenters. The summed E-state index contributed by atoms with van der Waals surface area (Å²) in [6.07, 6.45) is 0.983. The van der Waals surface area contributed by atoms with Gasteiger partial charge in [-0.2, -0.15) is 0 Å². The fourth-order valence-electron chi connectivity index (χ4n) is 2.40. The summed E-state index contributed by atoms with van der Waals surface area (Å²) in [7, 11) is 0. The Labute approximate surface area is 134 Å². The molecule has 0 saturated heterocycles. The largest absolute Gasteiger partial charge is 0.390 e. The molecule has 1 heterocycles. The normalized spacial score (nSPS) is 10.9. The van der Waals surface area contributed by atoms with Crippen LogP contribution in [-0.2, 0) is 13.0 Å². The van der Waals surface area contributed by atoms with Crippen molar-refractivity contribution in [2.24, 2.45) is 0 Å². The van der Waals surface area contributed by atoms with Crippen molar-refractivity contribution in [3.05, 3.63) is 64.8 Å². The predicted molar refractivity (Wildman–Crippen MR) is 87.1 cm³/mol. The molecule has 1 aromatic heterocycles. The van der Waals surface area contributed by atoms with Gasteiger partial charge in [0.15, 0.2) is 0 Å². The molecule has 22 heavy (non-hydrogen) atoms. The van der Waals surface area contributed by atoms with Gasteiger partial charge in [0, 0.05) is 5.56 Å². The lowest BCUT2D eigenvalue weighted by atomic mass is 10.1. The van der Waals surface area contributed by atoms with Crippen LogP contribution < -0.4 is 0 Å². The molecule has 0 amide bonds. The molecule has 5 heteroatoms. The fourth-order valence-corrected chi connectivity index (χ4v) is 2.62. The first-order chi connectivity index (χ1) is 10.7. The van der Waals surface area contributed by atoms with E-state index >= 15 is 0 Å². The zero-order valence-corrected chi connectivity index (χ0v) is 13.0. The third-order valence-corrected chi connectivity index (χ3v) is 3.94. The highest BCUT2D eigenvalue weighted by molar-refractivity contribution is 6.33. The van der Waals surface area contributed by atoms with E-state index in [0.29, 0.717) is 10.7 Å². The molecule has 0 aliphatic carbocycles. The first-order valence-corrected chi connectivity index (χ1v) is 7.52. The number of nitrogens with zero attached hydrogens (tertiary/aromatic N) is 3. The summed E-state index contributed by atoms with van der Waals surface area (Å²) in [6, 6.07) is 15.6. The SMILES string of the molecule is CCc1ccc(-n2nnc(CO)c2-c2ccccc2Cl)cc1. The van der Waals surface area contributed by atoms with Crippen LogP contribution in [0, 0.1) is 0 Å². The number of halogens is 1. The number of aliphatic hydroxyl groups excluding tert-OH is 1. The smallest absolute Gasteiger partial charge is 0.117 e. The molecule has 0 saturated carbocycles. The van der Waals surface area contributed by atoms with E-state index in [4.69, 9.17) is 11.6 Å². The van der Waals surface area contributed by atoms with Gasteiger partial charge in [0.25, 0.3) is 0 Å². The number of aromatic nitrogens is 3. The van der Waals surface area contributed by atoms with Gasteiger partial charge in [-0.25, -0.2) is 4.68 Å². The Morgan fingerprint density at radius 1 is 1.09 bits per heavy atom. The molecular formula is C17H16ClN3O. The fraction of sp³-hybridized carbons (Fsp3) is 0.176. The van der Waals surface area contributed by atoms with Crippen LogP contribution in [0.2, 0.25) is 5.02 Å². The number of rotatable bonds is 4. The summed E-state index contributed by atoms with van der Waals surface area (Å²) in [5, 5.41) is 18.4. The lowest BCUT2D eigenvalue weighted by molar-refractivity contribution is 0.277. The van der Waals surface area contributed by atoms with Gasteiger partial charge in [-0.05, 0) is 30.2 Å². The molecule has 3 rings (SSSR count). The summed E-state index contributed by atoms with van der Waals surface area (Å²) >= 11 is 6.30. The van der Waals surface area contributed by atoms with E-state index in [9.17, 15) is 5.11 Å². The van der Waals surface area contributed by atoms with Gasteiger partial charge in [0.2, 0.25) is 0 Å². The number of aryl methyl sites for hydroxylation is 1. The molecule has 1 N–H and O–H groups in total. The standard InChI is InChI=1S/C17H16ClN3O/c1-2-12-7-9-13(10-8-12)21-17(16(11-22)19-20-21)14-5-3-4-6-15(14)18/h3-10,22H,2,11H2,1H3. The second-order valence-electron chi connectivity index (χ2n) is 4.95. The van der Waals surface area contributed by atoms with Gasteiger partial charge in [0.05, 0.1) is 17.3 Å². The van der Waals surface area contributed by atoms with Gasteiger partial charge < -0.3 is 5.11 Å². The van der Waals surface area contributed by atoms with E-state index in [2.05, 4.69) is 29.4 Å². The second kappa shape index (κ2) is 6.30. The lowest BCUT2D eigenvalue weighted by Crippen LogP contribution is -2.01. The van der Waals surface area contributed by atoms with Gasteiger partial charge >= 0.3 is 0 Å². The minimum Gasteiger partial charge on any atom is -0.390 e. The third-order valence-electron chi connectivity index (χ3n) is 3.61. The Morgan fingerprint density at radius 2 is 1.82 bits per heavy atom. The van der Waals surface area contributed by atoms with Crippen LogP contribution in [0.15, 0.2) is 48.5 Å². The Balaban J connectivity index is 2.17. The molecule has 2 aromatic carbocycles. The molecule has 0 bridgehead atoms. The topological polar surface area (TPSA) is 50.9 Å². The minimum atomic E-state index is -0.187. The molecular weight excluding hydrogens is 298 g/mol. The van der Waals surface area contributed by atoms with Crippen LogP contribution in [0.25, 0.3) is 16.9 Å². The summed E-state index contributed by atoms with van der Waals surface area (Å²) in [5.41, 5.74) is 4.17. The maximum atomic E-state index is 9.55. The molecule has 0 aliphatic heterocycles. The molecule has 0 atom stereocenters. The quantitative estimate of drug-likeness (QED) is 0.800. The van der Waals surface area contributed by atoms with Crippen molar-refractivity contribution in [3.63, 3.8) is 0 Å². The van der Waals surface area contributed by atoms with Crippen molar-refractivity contribution < 1.29 is 5.11 Å². The van der Waals surface area contributed by atoms with E-state index in [1.54, 1.807) is 4.68 Å². The zero-order valence-electron chi connectivity index (χ0n) is 12.2. The molecule has 0 fully saturated rings. The van der Waals surface area contributed by atoms with E-state index in [-0.39, 0.29) is 6.61 Å². The monoisotopic (exact) mass is 313 g/mol. The first-order valence-electron chi connectivity index (χ1n) is 7.14. The molecule has 4 nitrogen and oxygen atoms in total. The molecule has 0 spiro atoms. The number of benzene rings is 2. The first kappa shape index (κ1) is 14.8. The van der Waals surface area contributed by atoms with Crippen molar-refractivity contribution in [1.29, 1.82) is 0 Å². The minimum absolute atomic E-state index is 0.187. The molecule has 112 valence electrons. The van der Waals surface area contributed by atoms with Crippen molar-refractivity contribution in [3.8, 4) is 16.9 Å². The predicted octanol–water partition coefficient (Wildman–Crippen LogP) is 3.64. The maximum absolute atomic E-state index is 9.55. The Kier molecular flexibility index (Phi) is 4.22. The summed E-state index contributed by atoms with van der Waals surface area (Å²) < 4.78 is 1.71. The average molecular weight is 314 g/mol. The summed E-state index contributed by atoms with van der Waals surface area (Å²) in [4.78, 5) is 0. The average Bonchev–Trinajstić information content (AvgIpc) is 2.99. The van der Waals surface area contributed by atoms with Crippen molar-refractivity contribution in [1.82, 2.24) is 15.0 Å². The highest BCUT2D eigenvalue weighted by Gasteiger charge is 2.17. The van der Waals surface area contributed by atoms with Crippen molar-refractivity contribution in [2.45, 2.75) is 20.0 Å². The van der Waals surface area contributed by atoms with Gasteiger partial charge in [-0.15, -0.1) is 5.10 Å². The van der Waals surface area contributed by atoms with E-state index in [1.807, 2.05) is 36.4 Å². The van der Waals surface area contributed by atoms with E-state index in [0.717, 1.165) is 23.4 Å². The van der Waals surface area contributed by atoms with E-state index in [1.165, 1.54) is 5.56 Å². The Bertz CT molecular complexity index is 781. The van der Waals surface area contributed by atoms with Crippen molar-refractivity contribution in [2.75, 3.05) is 0 Å². The molecule has 0 radical (unpaired) electrons. The molecule has 3 aromatic rings. The van der Waals surface area contributed by atoms with Crippen molar-refractivity contribution >= 4 is 11.6 Å². The molecule has 0 aliphatic rings. The van der Waals surface area contributed by atoms with Gasteiger partial charge in [-0.1, -0.05) is 54.1 Å².